The van der Waals surface area contributed by atoms with Crippen LogP contribution in [-0.4, -0.2) is 57.4 Å². The summed E-state index contributed by atoms with van der Waals surface area (Å²) < 4.78 is 40.9. The first-order valence-corrected chi connectivity index (χ1v) is 11.8. The van der Waals surface area contributed by atoms with Crippen LogP contribution in [0.2, 0.25) is 0 Å². The van der Waals surface area contributed by atoms with Crippen molar-refractivity contribution in [3.63, 3.8) is 0 Å². The lowest BCUT2D eigenvalue weighted by Gasteiger charge is -2.37. The summed E-state index contributed by atoms with van der Waals surface area (Å²) in [6, 6.07) is 13.2. The quantitative estimate of drug-likeness (QED) is 0.787. The highest BCUT2D eigenvalue weighted by Gasteiger charge is 2.37. The van der Waals surface area contributed by atoms with Crippen molar-refractivity contribution in [2.75, 3.05) is 37.6 Å². The molecule has 6 nitrogen and oxygen atoms in total. The van der Waals surface area contributed by atoms with Crippen LogP contribution in [0.1, 0.15) is 18.9 Å². The zero-order chi connectivity index (χ0) is 21.3. The summed E-state index contributed by atoms with van der Waals surface area (Å²) in [7, 11) is -3.87. The molecule has 30 heavy (non-hydrogen) atoms. The number of quaternary nitrogens is 1. The molecule has 0 spiro atoms. The van der Waals surface area contributed by atoms with E-state index in [2.05, 4.69) is 6.07 Å². The van der Waals surface area contributed by atoms with Gasteiger partial charge in [0, 0.05) is 12.2 Å². The van der Waals surface area contributed by atoms with Crippen LogP contribution in [0.3, 0.4) is 0 Å². The van der Waals surface area contributed by atoms with Crippen LogP contribution in [0.25, 0.3) is 0 Å². The zero-order valence-corrected chi connectivity index (χ0v) is 17.9. The number of anilines is 1. The maximum atomic E-state index is 14.0. The molecule has 1 N–H and O–H groups in total. The number of para-hydroxylation sites is 1. The number of sulfonamides is 1. The number of hydrogen-bond donors (Lipinski definition) is 1. The van der Waals surface area contributed by atoms with E-state index in [0.717, 1.165) is 29.5 Å². The predicted molar refractivity (Wildman–Crippen MR) is 112 cm³/mol. The number of piperazine rings is 1. The standard InChI is InChI=1S/C22H26FN3O3S/c1-17(22(27)26-12-6-8-18-7-2-4-10-20(18)26)24-13-15-25(16-14-24)30(28,29)21-11-5-3-9-19(21)23/h2-5,7,9-11,17H,6,8,12-16H2,1H3/p+1/t17-/m1/s1. The number of fused-ring (bicyclic) bond motifs is 1. The highest BCUT2D eigenvalue weighted by molar-refractivity contribution is 7.89. The Morgan fingerprint density at radius 2 is 1.70 bits per heavy atom. The van der Waals surface area contributed by atoms with Crippen LogP contribution in [0.15, 0.2) is 53.4 Å². The minimum Gasteiger partial charge on any atom is -0.323 e. The number of rotatable bonds is 4. The topological polar surface area (TPSA) is 62.1 Å². The van der Waals surface area contributed by atoms with E-state index >= 15 is 0 Å². The van der Waals surface area contributed by atoms with Crippen molar-refractivity contribution in [3.8, 4) is 0 Å². The maximum absolute atomic E-state index is 14.0. The lowest BCUT2D eigenvalue weighted by molar-refractivity contribution is -0.917. The molecule has 2 aliphatic rings. The number of benzene rings is 2. The van der Waals surface area contributed by atoms with Crippen LogP contribution in [-0.2, 0) is 21.2 Å². The van der Waals surface area contributed by atoms with E-state index in [1.807, 2.05) is 30.0 Å². The average Bonchev–Trinajstić information content (AvgIpc) is 2.78. The number of halogens is 1. The molecular formula is C22H27FN3O3S+. The third-order valence-electron chi connectivity index (χ3n) is 6.18. The van der Waals surface area contributed by atoms with Crippen molar-refractivity contribution in [3.05, 3.63) is 59.9 Å². The molecular weight excluding hydrogens is 405 g/mol. The van der Waals surface area contributed by atoms with Crippen molar-refractivity contribution in [1.29, 1.82) is 0 Å². The summed E-state index contributed by atoms with van der Waals surface area (Å²) in [5.74, 6) is -0.665. The lowest BCUT2D eigenvalue weighted by atomic mass is 10.0. The van der Waals surface area contributed by atoms with E-state index in [9.17, 15) is 17.6 Å². The second kappa shape index (κ2) is 8.45. The first-order valence-electron chi connectivity index (χ1n) is 10.4. The summed E-state index contributed by atoms with van der Waals surface area (Å²) in [4.78, 5) is 15.9. The highest BCUT2D eigenvalue weighted by atomic mass is 32.2. The van der Waals surface area contributed by atoms with Gasteiger partial charge in [-0.25, -0.2) is 12.8 Å². The van der Waals surface area contributed by atoms with Gasteiger partial charge in [0.05, 0.1) is 26.2 Å². The fraction of sp³-hybridized carbons (Fsp3) is 0.409. The van der Waals surface area contributed by atoms with Gasteiger partial charge in [-0.3, -0.25) is 4.79 Å². The van der Waals surface area contributed by atoms with Crippen molar-refractivity contribution in [1.82, 2.24) is 4.31 Å². The van der Waals surface area contributed by atoms with Gasteiger partial charge < -0.3 is 9.80 Å². The molecule has 1 fully saturated rings. The van der Waals surface area contributed by atoms with Crippen LogP contribution in [0, 0.1) is 5.82 Å². The molecule has 0 saturated carbocycles. The van der Waals surface area contributed by atoms with E-state index in [-0.39, 0.29) is 29.9 Å². The Labute approximate surface area is 176 Å². The molecule has 8 heteroatoms. The molecule has 2 aliphatic heterocycles. The largest absolute Gasteiger partial charge is 0.323 e. The van der Waals surface area contributed by atoms with Crippen molar-refractivity contribution >= 4 is 21.6 Å². The summed E-state index contributed by atoms with van der Waals surface area (Å²) in [6.07, 6.45) is 1.92. The maximum Gasteiger partial charge on any atom is 0.284 e. The van der Waals surface area contributed by atoms with E-state index in [1.54, 1.807) is 0 Å². The number of nitrogens with zero attached hydrogens (tertiary/aromatic N) is 2. The number of carbonyl (C=O) groups excluding carboxylic acids is 1. The smallest absolute Gasteiger partial charge is 0.284 e. The second-order valence-electron chi connectivity index (χ2n) is 7.94. The molecule has 2 aromatic rings. The highest BCUT2D eigenvalue weighted by Crippen LogP contribution is 2.27. The Morgan fingerprint density at radius 1 is 1.03 bits per heavy atom. The Bertz CT molecular complexity index is 1040. The number of hydrogen-bond acceptors (Lipinski definition) is 3. The molecule has 1 amide bonds. The fourth-order valence-corrected chi connectivity index (χ4v) is 5.92. The van der Waals surface area contributed by atoms with Crippen LogP contribution < -0.4 is 9.80 Å². The molecule has 160 valence electrons. The summed E-state index contributed by atoms with van der Waals surface area (Å²) in [5, 5.41) is 0. The summed E-state index contributed by atoms with van der Waals surface area (Å²) in [6.45, 7) is 4.17. The van der Waals surface area contributed by atoms with Gasteiger partial charge in [-0.15, -0.1) is 0 Å². The van der Waals surface area contributed by atoms with Crippen molar-refractivity contribution < 1.29 is 22.5 Å². The molecule has 0 aromatic heterocycles. The Kier molecular flexibility index (Phi) is 5.90. The average molecular weight is 433 g/mol. The van der Waals surface area contributed by atoms with Gasteiger partial charge in [-0.2, -0.15) is 4.31 Å². The minimum atomic E-state index is -3.87. The molecule has 2 aromatic carbocycles. The van der Waals surface area contributed by atoms with Crippen LogP contribution in [0.4, 0.5) is 10.1 Å². The molecule has 1 saturated heterocycles. The monoisotopic (exact) mass is 432 g/mol. The number of carbonyl (C=O) groups is 1. The normalized spacial score (nSPS) is 19.3. The van der Waals surface area contributed by atoms with Gasteiger partial charge in [-0.1, -0.05) is 30.3 Å². The fourth-order valence-electron chi connectivity index (χ4n) is 4.41. The van der Waals surface area contributed by atoms with Gasteiger partial charge in [0.1, 0.15) is 10.7 Å². The van der Waals surface area contributed by atoms with E-state index in [1.165, 1.54) is 28.1 Å². The molecule has 0 aliphatic carbocycles. The summed E-state index contributed by atoms with van der Waals surface area (Å²) in [5.41, 5.74) is 2.18. The van der Waals surface area contributed by atoms with Crippen molar-refractivity contribution in [2.45, 2.75) is 30.7 Å². The van der Waals surface area contributed by atoms with Crippen LogP contribution in [0.5, 0.6) is 0 Å². The SMILES string of the molecule is C[C@H](C(=O)N1CCCc2ccccc21)[NH+]1CCN(S(=O)(=O)c2ccccc2F)CC1. The number of amides is 1. The van der Waals surface area contributed by atoms with Gasteiger partial charge >= 0.3 is 0 Å². The molecule has 0 bridgehead atoms. The summed E-state index contributed by atoms with van der Waals surface area (Å²) >= 11 is 0. The van der Waals surface area contributed by atoms with Crippen molar-refractivity contribution in [2.24, 2.45) is 0 Å². The molecule has 1 atom stereocenters. The second-order valence-corrected chi connectivity index (χ2v) is 9.84. The molecule has 0 unspecified atom stereocenters. The third-order valence-corrected chi connectivity index (χ3v) is 8.11. The van der Waals surface area contributed by atoms with Gasteiger partial charge in [0.15, 0.2) is 6.04 Å². The Hall–Kier alpha value is -2.29. The van der Waals surface area contributed by atoms with E-state index < -0.39 is 15.8 Å². The number of nitrogens with one attached hydrogen (secondary N) is 1. The van der Waals surface area contributed by atoms with Gasteiger partial charge in [-0.05, 0) is 43.5 Å². The van der Waals surface area contributed by atoms with Gasteiger partial charge in [0.25, 0.3) is 5.91 Å². The Balaban J connectivity index is 1.43. The number of aryl methyl sites for hydroxylation is 1. The molecule has 0 radical (unpaired) electrons. The molecule has 2 heterocycles. The minimum absolute atomic E-state index is 0.0718. The van der Waals surface area contributed by atoms with Gasteiger partial charge in [0.2, 0.25) is 10.0 Å². The first-order chi connectivity index (χ1) is 14.4. The third kappa shape index (κ3) is 3.87. The van der Waals surface area contributed by atoms with Crippen LogP contribution >= 0.6 is 0 Å². The Morgan fingerprint density at radius 3 is 2.43 bits per heavy atom. The zero-order valence-electron chi connectivity index (χ0n) is 17.1. The molecule has 4 rings (SSSR count). The predicted octanol–water partition coefficient (Wildman–Crippen LogP) is 1.08. The lowest BCUT2D eigenvalue weighted by Crippen LogP contribution is -3.19. The van der Waals surface area contributed by atoms with E-state index in [0.29, 0.717) is 19.6 Å². The van der Waals surface area contributed by atoms with E-state index in [4.69, 9.17) is 0 Å². The first kappa shape index (κ1) is 21.0.